The highest BCUT2D eigenvalue weighted by molar-refractivity contribution is 5.97. The van der Waals surface area contributed by atoms with Crippen molar-refractivity contribution in [1.82, 2.24) is 5.32 Å². The van der Waals surface area contributed by atoms with Gasteiger partial charge in [0.15, 0.2) is 0 Å². The maximum Gasteiger partial charge on any atom is 0.230 e. The molecule has 0 bridgehead atoms. The molecule has 1 unspecified atom stereocenters. The molecule has 0 saturated heterocycles. The molecule has 1 fully saturated rings. The highest BCUT2D eigenvalue weighted by atomic mass is 16.2. The Labute approximate surface area is 143 Å². The third-order valence-corrected chi connectivity index (χ3v) is 5.31. The smallest absolute Gasteiger partial charge is 0.230 e. The van der Waals surface area contributed by atoms with Crippen LogP contribution in [0, 0.1) is 11.8 Å². The molecule has 1 heterocycles. The zero-order valence-electron chi connectivity index (χ0n) is 14.3. The Morgan fingerprint density at radius 3 is 2.58 bits per heavy atom. The van der Waals surface area contributed by atoms with Crippen molar-refractivity contribution < 1.29 is 9.59 Å². The molecule has 1 atom stereocenters. The summed E-state index contributed by atoms with van der Waals surface area (Å²) in [5.41, 5.74) is 2.33. The topological polar surface area (TPSA) is 49.4 Å². The van der Waals surface area contributed by atoms with Gasteiger partial charge in [0.1, 0.15) is 0 Å². The summed E-state index contributed by atoms with van der Waals surface area (Å²) >= 11 is 0. The van der Waals surface area contributed by atoms with Gasteiger partial charge in [-0.2, -0.15) is 0 Å². The van der Waals surface area contributed by atoms with Gasteiger partial charge in [-0.15, -0.1) is 6.58 Å². The molecule has 0 radical (unpaired) electrons. The van der Waals surface area contributed by atoms with E-state index in [0.29, 0.717) is 6.54 Å². The van der Waals surface area contributed by atoms with Gasteiger partial charge >= 0.3 is 0 Å². The Morgan fingerprint density at radius 1 is 1.21 bits per heavy atom. The number of rotatable bonds is 4. The second-order valence-electron chi connectivity index (χ2n) is 6.97. The summed E-state index contributed by atoms with van der Waals surface area (Å²) in [5.74, 6) is 0.414. The third-order valence-electron chi connectivity index (χ3n) is 5.31. The van der Waals surface area contributed by atoms with Crippen molar-refractivity contribution >= 4 is 17.5 Å². The van der Waals surface area contributed by atoms with Crippen LogP contribution in [0.4, 0.5) is 5.69 Å². The number of hydrogen-bond acceptors (Lipinski definition) is 2. The number of amides is 2. The lowest BCUT2D eigenvalue weighted by Gasteiger charge is -2.32. The van der Waals surface area contributed by atoms with Gasteiger partial charge in [0.25, 0.3) is 0 Å². The van der Waals surface area contributed by atoms with Crippen molar-refractivity contribution in [3.05, 3.63) is 42.5 Å². The third kappa shape index (κ3) is 3.23. The van der Waals surface area contributed by atoms with E-state index in [1.807, 2.05) is 23.1 Å². The number of fused-ring (bicyclic) bond motifs is 1. The lowest BCUT2D eigenvalue weighted by Crippen LogP contribution is -2.42. The van der Waals surface area contributed by atoms with Gasteiger partial charge < -0.3 is 10.2 Å². The molecule has 4 nitrogen and oxygen atoms in total. The average Bonchev–Trinajstić information content (AvgIpc) is 2.95. The Bertz CT molecular complexity index is 632. The van der Waals surface area contributed by atoms with Gasteiger partial charge in [-0.1, -0.05) is 24.3 Å². The monoisotopic (exact) mass is 326 g/mol. The number of carbonyl (C=O) groups is 2. The first-order valence-electron chi connectivity index (χ1n) is 8.91. The number of para-hydroxylation sites is 1. The van der Waals surface area contributed by atoms with Crippen molar-refractivity contribution in [2.45, 2.75) is 45.1 Å². The Balaban J connectivity index is 1.62. The van der Waals surface area contributed by atoms with Gasteiger partial charge in [0.05, 0.1) is 0 Å². The summed E-state index contributed by atoms with van der Waals surface area (Å²) in [7, 11) is 0. The van der Waals surface area contributed by atoms with Crippen LogP contribution >= 0.6 is 0 Å². The predicted molar refractivity (Wildman–Crippen MR) is 95.7 cm³/mol. The van der Waals surface area contributed by atoms with Crippen LogP contribution in [0.25, 0.3) is 0 Å². The first-order chi connectivity index (χ1) is 11.6. The minimum absolute atomic E-state index is 0.0392. The molecule has 24 heavy (non-hydrogen) atoms. The fourth-order valence-corrected chi connectivity index (χ4v) is 4.02. The van der Waals surface area contributed by atoms with E-state index in [2.05, 4.69) is 24.9 Å². The van der Waals surface area contributed by atoms with Crippen LogP contribution in [0.2, 0.25) is 0 Å². The first kappa shape index (κ1) is 16.7. The van der Waals surface area contributed by atoms with Gasteiger partial charge in [0, 0.05) is 30.1 Å². The van der Waals surface area contributed by atoms with Gasteiger partial charge in [-0.3, -0.25) is 9.59 Å². The van der Waals surface area contributed by atoms with Crippen molar-refractivity contribution in [2.75, 3.05) is 11.4 Å². The van der Waals surface area contributed by atoms with Gasteiger partial charge in [-0.25, -0.2) is 0 Å². The summed E-state index contributed by atoms with van der Waals surface area (Å²) in [6, 6.07) is 8.42. The summed E-state index contributed by atoms with van der Waals surface area (Å²) in [4.78, 5) is 27.1. The van der Waals surface area contributed by atoms with E-state index in [1.54, 1.807) is 6.08 Å². The molecule has 1 N–H and O–H groups in total. The van der Waals surface area contributed by atoms with Crippen LogP contribution < -0.4 is 10.2 Å². The molecular weight excluding hydrogens is 300 g/mol. The molecule has 0 aromatic heterocycles. The molecule has 4 heteroatoms. The summed E-state index contributed by atoms with van der Waals surface area (Å²) < 4.78 is 0. The maximum absolute atomic E-state index is 13.0. The minimum Gasteiger partial charge on any atom is -0.352 e. The van der Waals surface area contributed by atoms with E-state index >= 15 is 0 Å². The maximum atomic E-state index is 13.0. The Hall–Kier alpha value is -2.10. The number of nitrogens with zero attached hydrogens (tertiary/aromatic N) is 1. The van der Waals surface area contributed by atoms with Crippen LogP contribution in [-0.4, -0.2) is 24.4 Å². The number of anilines is 1. The molecule has 128 valence electrons. The molecule has 1 aliphatic carbocycles. The Morgan fingerprint density at radius 2 is 1.88 bits per heavy atom. The largest absolute Gasteiger partial charge is 0.352 e. The van der Waals surface area contributed by atoms with Crippen molar-refractivity contribution in [2.24, 2.45) is 11.8 Å². The van der Waals surface area contributed by atoms with Gasteiger partial charge in [0.2, 0.25) is 11.8 Å². The number of nitrogens with one attached hydrogen (secondary N) is 1. The standard InChI is InChI=1S/C20H26N2O2/c1-3-12-21-19(23)15-8-10-16(11-9-15)20(24)22-14(2)13-17-6-4-5-7-18(17)22/h3-7,14-16H,1,8-13H2,2H3,(H,21,23). The zero-order chi connectivity index (χ0) is 17.1. The van der Waals surface area contributed by atoms with Crippen molar-refractivity contribution in [1.29, 1.82) is 0 Å². The molecular formula is C20H26N2O2. The molecule has 1 saturated carbocycles. The second-order valence-corrected chi connectivity index (χ2v) is 6.97. The van der Waals surface area contributed by atoms with Crippen LogP contribution in [-0.2, 0) is 16.0 Å². The summed E-state index contributed by atoms with van der Waals surface area (Å²) in [6.45, 7) is 6.25. The normalized spacial score (nSPS) is 25.9. The highest BCUT2D eigenvalue weighted by Gasteiger charge is 2.37. The number of benzene rings is 1. The molecule has 1 aromatic rings. The zero-order valence-corrected chi connectivity index (χ0v) is 14.3. The fourth-order valence-electron chi connectivity index (χ4n) is 4.02. The van der Waals surface area contributed by atoms with Crippen molar-refractivity contribution in [3.63, 3.8) is 0 Å². The average molecular weight is 326 g/mol. The summed E-state index contributed by atoms with van der Waals surface area (Å²) in [6.07, 6.45) is 5.82. The van der Waals surface area contributed by atoms with E-state index < -0.39 is 0 Å². The quantitative estimate of drug-likeness (QED) is 0.865. The van der Waals surface area contributed by atoms with E-state index in [4.69, 9.17) is 0 Å². The predicted octanol–water partition coefficient (Wildman–Crippen LogP) is 3.07. The first-order valence-corrected chi connectivity index (χ1v) is 8.91. The second kappa shape index (κ2) is 7.20. The van der Waals surface area contributed by atoms with Crippen LogP contribution in [0.5, 0.6) is 0 Å². The minimum atomic E-state index is 0.0392. The number of hydrogen-bond donors (Lipinski definition) is 1. The van der Waals surface area contributed by atoms with Gasteiger partial charge in [-0.05, 0) is 50.7 Å². The molecule has 3 rings (SSSR count). The molecule has 2 amide bonds. The Kier molecular flexibility index (Phi) is 5.03. The molecule has 1 aliphatic heterocycles. The van der Waals surface area contributed by atoms with E-state index in [0.717, 1.165) is 37.8 Å². The van der Waals surface area contributed by atoms with E-state index in [1.165, 1.54) is 5.56 Å². The molecule has 0 spiro atoms. The van der Waals surface area contributed by atoms with Crippen LogP contribution in [0.1, 0.15) is 38.2 Å². The van der Waals surface area contributed by atoms with Crippen LogP contribution in [0.15, 0.2) is 36.9 Å². The summed E-state index contributed by atoms with van der Waals surface area (Å²) in [5, 5.41) is 2.87. The van der Waals surface area contributed by atoms with Crippen molar-refractivity contribution in [3.8, 4) is 0 Å². The highest BCUT2D eigenvalue weighted by Crippen LogP contribution is 2.36. The van der Waals surface area contributed by atoms with Crippen LogP contribution in [0.3, 0.4) is 0 Å². The molecule has 1 aromatic carbocycles. The SMILES string of the molecule is C=CCNC(=O)C1CCC(C(=O)N2c3ccccc3CC2C)CC1. The number of carbonyl (C=O) groups excluding carboxylic acids is 2. The molecule has 2 aliphatic rings. The fraction of sp³-hybridized carbons (Fsp3) is 0.500. The lowest BCUT2D eigenvalue weighted by atomic mass is 9.80. The lowest BCUT2D eigenvalue weighted by molar-refractivity contribution is -0.129. The van der Waals surface area contributed by atoms with E-state index in [9.17, 15) is 9.59 Å². The van der Waals surface area contributed by atoms with E-state index in [-0.39, 0.29) is 29.7 Å².